The van der Waals surface area contributed by atoms with Crippen molar-refractivity contribution in [2.24, 2.45) is 0 Å². The fourth-order valence-corrected chi connectivity index (χ4v) is 2.87. The first kappa shape index (κ1) is 13.7. The minimum absolute atomic E-state index is 0.232. The fourth-order valence-electron chi connectivity index (χ4n) is 2.32. The molecule has 3 N–H and O–H groups in total. The Balaban J connectivity index is 1.81. The number of aromatic nitrogens is 1. The molecule has 0 saturated carbocycles. The van der Waals surface area contributed by atoms with E-state index in [0.717, 1.165) is 28.8 Å². The van der Waals surface area contributed by atoms with Crippen molar-refractivity contribution in [2.45, 2.75) is 13.0 Å². The molecule has 3 rings (SSSR count). The molecule has 0 fully saturated rings. The molecule has 0 atom stereocenters. The van der Waals surface area contributed by atoms with Crippen LogP contribution < -0.4 is 15.8 Å². The van der Waals surface area contributed by atoms with Crippen molar-refractivity contribution in [3.63, 3.8) is 0 Å². The van der Waals surface area contributed by atoms with Crippen molar-refractivity contribution >= 4 is 27.4 Å². The Morgan fingerprint density at radius 3 is 3.10 bits per heavy atom. The van der Waals surface area contributed by atoms with Gasteiger partial charge in [-0.1, -0.05) is 15.9 Å². The molecule has 0 saturated heterocycles. The number of benzene rings is 1. The van der Waals surface area contributed by atoms with E-state index in [4.69, 9.17) is 15.7 Å². The highest BCUT2D eigenvalue weighted by Crippen LogP contribution is 2.33. The van der Waals surface area contributed by atoms with Crippen LogP contribution in [0.5, 0.6) is 5.75 Å². The summed E-state index contributed by atoms with van der Waals surface area (Å²) in [6.45, 7) is 1.29. The van der Waals surface area contributed by atoms with Gasteiger partial charge in [-0.25, -0.2) is 4.98 Å². The monoisotopic (exact) mass is 344 g/mol. The van der Waals surface area contributed by atoms with Gasteiger partial charge in [-0.3, -0.25) is 0 Å². The maximum atomic E-state index is 8.94. The topological polar surface area (TPSA) is 84.0 Å². The van der Waals surface area contributed by atoms with E-state index in [1.807, 2.05) is 12.1 Å². The zero-order chi connectivity index (χ0) is 14.8. The largest absolute Gasteiger partial charge is 0.493 e. The van der Waals surface area contributed by atoms with Crippen LogP contribution in [0.4, 0.5) is 11.5 Å². The molecule has 0 bridgehead atoms. The van der Waals surface area contributed by atoms with Gasteiger partial charge < -0.3 is 15.8 Å². The number of hydrogen-bond donors (Lipinski definition) is 2. The molecule has 0 spiro atoms. The summed E-state index contributed by atoms with van der Waals surface area (Å²) >= 11 is 3.52. The summed E-state index contributed by atoms with van der Waals surface area (Å²) in [6, 6.07) is 9.52. The van der Waals surface area contributed by atoms with Crippen LogP contribution in [0.1, 0.15) is 16.8 Å². The van der Waals surface area contributed by atoms with Crippen LogP contribution in [-0.2, 0) is 13.0 Å². The number of fused-ring (bicyclic) bond motifs is 1. The molecule has 1 aliphatic heterocycles. The number of ether oxygens (including phenoxy) is 1. The van der Waals surface area contributed by atoms with Gasteiger partial charge in [0.05, 0.1) is 12.3 Å². The Morgan fingerprint density at radius 2 is 2.29 bits per heavy atom. The van der Waals surface area contributed by atoms with E-state index in [9.17, 15) is 0 Å². The van der Waals surface area contributed by atoms with Crippen LogP contribution in [0, 0.1) is 11.3 Å². The molecule has 106 valence electrons. The lowest BCUT2D eigenvalue weighted by Crippen LogP contribution is -2.05. The van der Waals surface area contributed by atoms with Crippen LogP contribution in [-0.4, -0.2) is 11.6 Å². The molecule has 2 aromatic rings. The SMILES string of the molecule is N#Cc1nc(NCc2cc(Br)cc3c2OCC3)ccc1N. The van der Waals surface area contributed by atoms with E-state index in [1.165, 1.54) is 5.56 Å². The molecule has 1 aliphatic rings. The molecular weight excluding hydrogens is 332 g/mol. The second-order valence-electron chi connectivity index (χ2n) is 4.75. The summed E-state index contributed by atoms with van der Waals surface area (Å²) in [5.41, 5.74) is 8.55. The van der Waals surface area contributed by atoms with E-state index in [2.05, 4.69) is 32.3 Å². The predicted molar refractivity (Wildman–Crippen MR) is 84.0 cm³/mol. The molecule has 0 radical (unpaired) electrons. The number of nitrogens with two attached hydrogens (primary N) is 1. The highest BCUT2D eigenvalue weighted by Gasteiger charge is 2.17. The molecule has 0 amide bonds. The third kappa shape index (κ3) is 2.78. The first-order chi connectivity index (χ1) is 10.2. The Kier molecular flexibility index (Phi) is 3.67. The molecule has 1 aromatic carbocycles. The van der Waals surface area contributed by atoms with Gasteiger partial charge in [-0.15, -0.1) is 0 Å². The third-order valence-electron chi connectivity index (χ3n) is 3.32. The number of hydrogen-bond acceptors (Lipinski definition) is 5. The van der Waals surface area contributed by atoms with Crippen molar-refractivity contribution in [1.82, 2.24) is 4.98 Å². The quantitative estimate of drug-likeness (QED) is 0.894. The van der Waals surface area contributed by atoms with Gasteiger partial charge in [0.2, 0.25) is 0 Å². The number of nitriles is 1. The summed E-state index contributed by atoms with van der Waals surface area (Å²) in [6.07, 6.45) is 0.931. The maximum Gasteiger partial charge on any atom is 0.165 e. The smallest absolute Gasteiger partial charge is 0.165 e. The van der Waals surface area contributed by atoms with E-state index in [0.29, 0.717) is 18.1 Å². The summed E-state index contributed by atoms with van der Waals surface area (Å²) in [5, 5.41) is 12.1. The van der Waals surface area contributed by atoms with Crippen LogP contribution in [0.2, 0.25) is 0 Å². The van der Waals surface area contributed by atoms with Crippen molar-refractivity contribution in [1.29, 1.82) is 5.26 Å². The predicted octanol–water partition coefficient (Wildman–Crippen LogP) is 2.84. The van der Waals surface area contributed by atoms with Crippen molar-refractivity contribution < 1.29 is 4.74 Å². The standard InChI is InChI=1S/C15H13BrN4O/c16-11-5-9-3-4-21-15(9)10(6-11)8-19-14-2-1-12(18)13(7-17)20-14/h1-2,5-6H,3-4,8,18H2,(H,19,20). The number of nitrogens with one attached hydrogen (secondary N) is 1. The highest BCUT2D eigenvalue weighted by molar-refractivity contribution is 9.10. The van der Waals surface area contributed by atoms with Crippen molar-refractivity contribution in [3.8, 4) is 11.8 Å². The minimum atomic E-state index is 0.232. The van der Waals surface area contributed by atoms with Crippen LogP contribution in [0.25, 0.3) is 0 Å². The lowest BCUT2D eigenvalue weighted by atomic mass is 10.1. The number of halogens is 1. The number of rotatable bonds is 3. The van der Waals surface area contributed by atoms with Crippen molar-refractivity contribution in [3.05, 3.63) is 45.6 Å². The molecule has 0 unspecified atom stereocenters. The zero-order valence-corrected chi connectivity index (χ0v) is 12.8. The molecular formula is C15H13BrN4O. The average Bonchev–Trinajstić information content (AvgIpc) is 2.94. The lowest BCUT2D eigenvalue weighted by molar-refractivity contribution is 0.354. The lowest BCUT2D eigenvalue weighted by Gasteiger charge is -2.11. The molecule has 5 nitrogen and oxygen atoms in total. The summed E-state index contributed by atoms with van der Waals surface area (Å²) in [7, 11) is 0. The van der Waals surface area contributed by atoms with E-state index >= 15 is 0 Å². The number of nitrogens with zero attached hydrogens (tertiary/aromatic N) is 2. The normalized spacial score (nSPS) is 12.4. The van der Waals surface area contributed by atoms with Crippen LogP contribution >= 0.6 is 15.9 Å². The number of anilines is 2. The minimum Gasteiger partial charge on any atom is -0.493 e. The van der Waals surface area contributed by atoms with E-state index in [-0.39, 0.29) is 5.69 Å². The Labute approximate surface area is 130 Å². The van der Waals surface area contributed by atoms with Crippen molar-refractivity contribution in [2.75, 3.05) is 17.7 Å². The number of pyridine rings is 1. The first-order valence-corrected chi connectivity index (χ1v) is 7.31. The van der Waals surface area contributed by atoms with Crippen LogP contribution in [0.3, 0.4) is 0 Å². The summed E-state index contributed by atoms with van der Waals surface area (Å²) in [4.78, 5) is 4.17. The third-order valence-corrected chi connectivity index (χ3v) is 3.78. The second-order valence-corrected chi connectivity index (χ2v) is 5.67. The summed E-state index contributed by atoms with van der Waals surface area (Å²) < 4.78 is 6.72. The summed E-state index contributed by atoms with van der Waals surface area (Å²) in [5.74, 6) is 1.56. The molecule has 2 heterocycles. The van der Waals surface area contributed by atoms with Gasteiger partial charge in [0.25, 0.3) is 0 Å². The van der Waals surface area contributed by atoms with Gasteiger partial charge in [0, 0.05) is 23.0 Å². The highest BCUT2D eigenvalue weighted by atomic mass is 79.9. The Morgan fingerprint density at radius 1 is 1.43 bits per heavy atom. The van der Waals surface area contributed by atoms with Gasteiger partial charge in [0.1, 0.15) is 17.6 Å². The second kappa shape index (κ2) is 5.62. The molecule has 1 aromatic heterocycles. The maximum absolute atomic E-state index is 8.94. The van der Waals surface area contributed by atoms with Gasteiger partial charge in [-0.2, -0.15) is 5.26 Å². The first-order valence-electron chi connectivity index (χ1n) is 6.52. The van der Waals surface area contributed by atoms with Gasteiger partial charge in [-0.05, 0) is 29.8 Å². The Bertz CT molecular complexity index is 739. The van der Waals surface area contributed by atoms with Gasteiger partial charge in [0.15, 0.2) is 5.69 Å². The average molecular weight is 345 g/mol. The molecule has 21 heavy (non-hydrogen) atoms. The molecule has 0 aliphatic carbocycles. The van der Waals surface area contributed by atoms with Crippen LogP contribution in [0.15, 0.2) is 28.7 Å². The zero-order valence-electron chi connectivity index (χ0n) is 11.2. The fraction of sp³-hybridized carbons (Fsp3) is 0.200. The number of nitrogen functional groups attached to an aromatic ring is 1. The van der Waals surface area contributed by atoms with E-state index < -0.39 is 0 Å². The Hall–Kier alpha value is -2.26. The van der Waals surface area contributed by atoms with Gasteiger partial charge >= 0.3 is 0 Å². The van der Waals surface area contributed by atoms with E-state index in [1.54, 1.807) is 12.1 Å². The molecule has 6 heteroatoms.